The normalized spacial score (nSPS) is 24.2. The molecule has 1 heterocycles. The lowest BCUT2D eigenvalue weighted by molar-refractivity contribution is 0.387. The Balaban J connectivity index is 2.02. The van der Waals surface area contributed by atoms with E-state index >= 15 is 0 Å². The van der Waals surface area contributed by atoms with Crippen LogP contribution >= 0.6 is 0 Å². The van der Waals surface area contributed by atoms with Gasteiger partial charge in [0, 0.05) is 6.04 Å². The minimum Gasteiger partial charge on any atom is -0.314 e. The van der Waals surface area contributed by atoms with Crippen LogP contribution in [-0.2, 0) is 0 Å². The van der Waals surface area contributed by atoms with Crippen LogP contribution in [0.1, 0.15) is 71.1 Å². The lowest BCUT2D eigenvalue weighted by Crippen LogP contribution is -2.31. The summed E-state index contributed by atoms with van der Waals surface area (Å²) in [5, 5.41) is 3.70. The van der Waals surface area contributed by atoms with Crippen molar-refractivity contribution in [1.29, 1.82) is 0 Å². The Hall–Kier alpha value is -0.0400. The van der Waals surface area contributed by atoms with Crippen molar-refractivity contribution in [2.45, 2.75) is 77.2 Å². The van der Waals surface area contributed by atoms with Gasteiger partial charge in [-0.2, -0.15) is 0 Å². The van der Waals surface area contributed by atoms with E-state index in [2.05, 4.69) is 12.2 Å². The van der Waals surface area contributed by atoms with Gasteiger partial charge < -0.3 is 5.32 Å². The number of nitrogens with one attached hydrogen (secondary N) is 1. The third kappa shape index (κ3) is 5.64. The largest absolute Gasteiger partial charge is 0.314 e. The summed E-state index contributed by atoms with van der Waals surface area (Å²) in [5.41, 5.74) is 0. The Bertz CT molecular complexity index is 114. The SMILES string of the molecule is CCCCCCC1CCCCCCN1. The van der Waals surface area contributed by atoms with E-state index in [9.17, 15) is 0 Å². The van der Waals surface area contributed by atoms with Crippen LogP contribution in [0, 0.1) is 0 Å². The van der Waals surface area contributed by atoms with Crippen molar-refractivity contribution in [1.82, 2.24) is 5.32 Å². The highest BCUT2D eigenvalue weighted by Gasteiger charge is 2.09. The zero-order valence-corrected chi connectivity index (χ0v) is 9.86. The van der Waals surface area contributed by atoms with Crippen LogP contribution < -0.4 is 5.32 Å². The molecular weight excluding hydrogens is 170 g/mol. The van der Waals surface area contributed by atoms with Crippen molar-refractivity contribution in [2.75, 3.05) is 6.54 Å². The first-order chi connectivity index (χ1) is 6.93. The maximum absolute atomic E-state index is 3.70. The molecule has 0 aromatic rings. The quantitative estimate of drug-likeness (QED) is 0.660. The molecule has 0 bridgehead atoms. The molecule has 1 aliphatic rings. The van der Waals surface area contributed by atoms with Gasteiger partial charge in [0.15, 0.2) is 0 Å². The Morgan fingerprint density at radius 1 is 1.00 bits per heavy atom. The third-order valence-electron chi connectivity index (χ3n) is 3.32. The number of hydrogen-bond donors (Lipinski definition) is 1. The molecule has 1 unspecified atom stereocenters. The highest BCUT2D eigenvalue weighted by molar-refractivity contribution is 4.69. The maximum Gasteiger partial charge on any atom is 0.00670 e. The summed E-state index contributed by atoms with van der Waals surface area (Å²) in [6.45, 7) is 3.55. The first-order valence-corrected chi connectivity index (χ1v) is 6.67. The van der Waals surface area contributed by atoms with Gasteiger partial charge in [0.2, 0.25) is 0 Å². The van der Waals surface area contributed by atoms with Crippen molar-refractivity contribution < 1.29 is 0 Å². The zero-order chi connectivity index (χ0) is 10.1. The second-order valence-electron chi connectivity index (χ2n) is 4.70. The van der Waals surface area contributed by atoms with Crippen LogP contribution in [0.2, 0.25) is 0 Å². The van der Waals surface area contributed by atoms with Crippen LogP contribution in [0.5, 0.6) is 0 Å². The molecule has 1 heteroatoms. The predicted octanol–water partition coefficient (Wildman–Crippen LogP) is 3.88. The van der Waals surface area contributed by atoms with Crippen LogP contribution in [0.4, 0.5) is 0 Å². The molecule has 14 heavy (non-hydrogen) atoms. The second-order valence-corrected chi connectivity index (χ2v) is 4.70. The molecule has 0 amide bonds. The molecule has 1 rings (SSSR count). The molecule has 0 aliphatic carbocycles. The monoisotopic (exact) mass is 197 g/mol. The zero-order valence-electron chi connectivity index (χ0n) is 9.86. The fourth-order valence-electron chi connectivity index (χ4n) is 2.34. The first-order valence-electron chi connectivity index (χ1n) is 6.67. The third-order valence-corrected chi connectivity index (χ3v) is 3.32. The Kier molecular flexibility index (Phi) is 7.12. The van der Waals surface area contributed by atoms with E-state index < -0.39 is 0 Å². The summed E-state index contributed by atoms with van der Waals surface area (Å²) in [7, 11) is 0. The van der Waals surface area contributed by atoms with E-state index in [1.54, 1.807) is 0 Å². The average molecular weight is 197 g/mol. The minimum absolute atomic E-state index is 0.840. The molecule has 0 aromatic carbocycles. The van der Waals surface area contributed by atoms with Gasteiger partial charge in [-0.15, -0.1) is 0 Å². The van der Waals surface area contributed by atoms with E-state index in [-0.39, 0.29) is 0 Å². The molecular formula is C13H27N. The Morgan fingerprint density at radius 2 is 1.86 bits per heavy atom. The molecule has 1 atom stereocenters. The van der Waals surface area contributed by atoms with Crippen LogP contribution in [0.25, 0.3) is 0 Å². The van der Waals surface area contributed by atoms with Crippen LogP contribution in [-0.4, -0.2) is 12.6 Å². The van der Waals surface area contributed by atoms with Crippen molar-refractivity contribution in [2.24, 2.45) is 0 Å². The van der Waals surface area contributed by atoms with Crippen LogP contribution in [0.3, 0.4) is 0 Å². The summed E-state index contributed by atoms with van der Waals surface area (Å²) in [5.74, 6) is 0. The summed E-state index contributed by atoms with van der Waals surface area (Å²) in [6, 6.07) is 0.840. The lowest BCUT2D eigenvalue weighted by atomic mass is 9.99. The van der Waals surface area contributed by atoms with E-state index in [0.29, 0.717) is 0 Å². The average Bonchev–Trinajstić information content (AvgIpc) is 2.15. The molecule has 0 aromatic heterocycles. The summed E-state index contributed by atoms with van der Waals surface area (Å²) in [4.78, 5) is 0. The molecule has 1 saturated heterocycles. The highest BCUT2D eigenvalue weighted by Crippen LogP contribution is 2.14. The molecule has 0 radical (unpaired) electrons. The minimum atomic E-state index is 0.840. The van der Waals surface area contributed by atoms with Gasteiger partial charge >= 0.3 is 0 Å². The van der Waals surface area contributed by atoms with Crippen molar-refractivity contribution in [3.05, 3.63) is 0 Å². The van der Waals surface area contributed by atoms with Crippen LogP contribution in [0.15, 0.2) is 0 Å². The molecule has 1 nitrogen and oxygen atoms in total. The van der Waals surface area contributed by atoms with Gasteiger partial charge in [0.25, 0.3) is 0 Å². The fraction of sp³-hybridized carbons (Fsp3) is 1.00. The lowest BCUT2D eigenvalue weighted by Gasteiger charge is -2.21. The molecule has 1 aliphatic heterocycles. The Morgan fingerprint density at radius 3 is 2.71 bits per heavy atom. The van der Waals surface area contributed by atoms with Gasteiger partial charge in [0.05, 0.1) is 0 Å². The molecule has 0 saturated carbocycles. The predicted molar refractivity (Wildman–Crippen MR) is 63.6 cm³/mol. The van der Waals surface area contributed by atoms with E-state index in [4.69, 9.17) is 0 Å². The molecule has 1 fully saturated rings. The second kappa shape index (κ2) is 8.28. The van der Waals surface area contributed by atoms with Gasteiger partial charge in [-0.3, -0.25) is 0 Å². The first kappa shape index (κ1) is 12.0. The summed E-state index contributed by atoms with van der Waals surface area (Å²) < 4.78 is 0. The van der Waals surface area contributed by atoms with Gasteiger partial charge in [-0.1, -0.05) is 51.9 Å². The smallest absolute Gasteiger partial charge is 0.00670 e. The molecule has 1 N–H and O–H groups in total. The number of unbranched alkanes of at least 4 members (excludes halogenated alkanes) is 3. The Labute approximate surface area is 89.7 Å². The van der Waals surface area contributed by atoms with E-state index in [0.717, 1.165) is 6.04 Å². The summed E-state index contributed by atoms with van der Waals surface area (Å²) >= 11 is 0. The van der Waals surface area contributed by atoms with Crippen molar-refractivity contribution >= 4 is 0 Å². The fourth-order valence-corrected chi connectivity index (χ4v) is 2.34. The standard InChI is InChI=1S/C13H27N/c1-2-3-4-7-10-13-11-8-5-6-9-12-14-13/h13-14H,2-12H2,1H3. The van der Waals surface area contributed by atoms with E-state index in [1.165, 1.54) is 70.8 Å². The van der Waals surface area contributed by atoms with Crippen molar-refractivity contribution in [3.8, 4) is 0 Å². The highest BCUT2D eigenvalue weighted by atomic mass is 14.9. The molecule has 0 spiro atoms. The summed E-state index contributed by atoms with van der Waals surface area (Å²) in [6.07, 6.45) is 14.2. The van der Waals surface area contributed by atoms with Gasteiger partial charge in [-0.05, 0) is 25.8 Å². The number of hydrogen-bond acceptors (Lipinski definition) is 1. The van der Waals surface area contributed by atoms with E-state index in [1.807, 2.05) is 0 Å². The van der Waals surface area contributed by atoms with Gasteiger partial charge in [-0.25, -0.2) is 0 Å². The van der Waals surface area contributed by atoms with Gasteiger partial charge in [0.1, 0.15) is 0 Å². The van der Waals surface area contributed by atoms with Crippen molar-refractivity contribution in [3.63, 3.8) is 0 Å². The molecule has 84 valence electrons. The topological polar surface area (TPSA) is 12.0 Å². The maximum atomic E-state index is 3.70. The number of rotatable bonds is 5.